The van der Waals surface area contributed by atoms with Crippen molar-refractivity contribution in [2.75, 3.05) is 32.7 Å². The first-order valence-electron chi connectivity index (χ1n) is 10.7. The normalized spacial score (nSPS) is 18.4. The van der Waals surface area contributed by atoms with Gasteiger partial charge in [0.1, 0.15) is 0 Å². The van der Waals surface area contributed by atoms with E-state index in [0.29, 0.717) is 0 Å². The summed E-state index contributed by atoms with van der Waals surface area (Å²) in [7, 11) is 0. The molecule has 1 unspecified atom stereocenters. The molecule has 0 aliphatic carbocycles. The lowest BCUT2D eigenvalue weighted by molar-refractivity contribution is 0.147. The Morgan fingerprint density at radius 3 is 2.85 bits per heavy atom. The summed E-state index contributed by atoms with van der Waals surface area (Å²) in [5, 5.41) is 6.80. The Labute approximate surface area is 164 Å². The van der Waals surface area contributed by atoms with Crippen LogP contribution >= 0.6 is 0 Å². The second-order valence-corrected chi connectivity index (χ2v) is 7.22. The van der Waals surface area contributed by atoms with Crippen LogP contribution in [0.3, 0.4) is 0 Å². The number of unbranched alkanes of at least 4 members (excludes halogenated alkanes) is 1. The van der Waals surface area contributed by atoms with Crippen molar-refractivity contribution in [1.82, 2.24) is 20.1 Å². The minimum Gasteiger partial charge on any atom is -0.357 e. The van der Waals surface area contributed by atoms with Gasteiger partial charge < -0.3 is 15.2 Å². The van der Waals surface area contributed by atoms with E-state index in [1.807, 2.05) is 12.3 Å². The average molecular weight is 376 g/mol. The van der Waals surface area contributed by atoms with Gasteiger partial charge in [-0.2, -0.15) is 0 Å². The van der Waals surface area contributed by atoms with E-state index in [1.54, 1.807) is 16.7 Å². The number of rotatable bonds is 10. The molecule has 0 radical (unpaired) electrons. The smallest absolute Gasteiger partial charge is 0.250 e. The summed E-state index contributed by atoms with van der Waals surface area (Å²) in [5.74, 6) is 0.902. The minimum atomic E-state index is 0.0686. The van der Waals surface area contributed by atoms with E-state index in [4.69, 9.17) is 0 Å². The maximum atomic E-state index is 11.7. The van der Waals surface area contributed by atoms with Crippen LogP contribution in [0.25, 0.3) is 0 Å². The third-order valence-corrected chi connectivity index (χ3v) is 5.23. The van der Waals surface area contributed by atoms with E-state index < -0.39 is 0 Å². The van der Waals surface area contributed by atoms with Gasteiger partial charge in [0.2, 0.25) is 5.56 Å². The van der Waals surface area contributed by atoms with E-state index in [-0.39, 0.29) is 5.56 Å². The molecule has 152 valence electrons. The summed E-state index contributed by atoms with van der Waals surface area (Å²) in [5.41, 5.74) is 0.0686. The van der Waals surface area contributed by atoms with Crippen molar-refractivity contribution in [1.29, 1.82) is 0 Å². The largest absolute Gasteiger partial charge is 0.357 e. The zero-order chi connectivity index (χ0) is 19.3. The molecule has 2 rings (SSSR count). The molecule has 1 aliphatic rings. The monoisotopic (exact) mass is 375 g/mol. The minimum absolute atomic E-state index is 0.0686. The van der Waals surface area contributed by atoms with Crippen LogP contribution in [0.1, 0.15) is 52.4 Å². The van der Waals surface area contributed by atoms with Crippen molar-refractivity contribution < 1.29 is 0 Å². The standard InChI is InChI=1S/C21H37N5O/c1-3-19-11-5-8-15-25(19)18-14-24-21(22-4-2)23-13-7-10-17-26-16-9-6-12-20(26)27/h6,9,12,16,19H,3-5,7-8,10-11,13-15,17-18H2,1-2H3,(H2,22,23,24). The maximum absolute atomic E-state index is 11.7. The lowest BCUT2D eigenvalue weighted by Gasteiger charge is -2.35. The Bertz CT molecular complexity index is 613. The van der Waals surface area contributed by atoms with Gasteiger partial charge in [-0.15, -0.1) is 0 Å². The Morgan fingerprint density at radius 1 is 1.19 bits per heavy atom. The first kappa shape index (κ1) is 21.5. The van der Waals surface area contributed by atoms with Crippen molar-refractivity contribution in [3.05, 3.63) is 34.7 Å². The molecule has 1 fully saturated rings. The van der Waals surface area contributed by atoms with E-state index in [0.717, 1.165) is 57.6 Å². The molecule has 0 spiro atoms. The molecule has 6 nitrogen and oxygen atoms in total. The first-order chi connectivity index (χ1) is 13.2. The summed E-state index contributed by atoms with van der Waals surface area (Å²) in [6.45, 7) is 10.0. The number of guanidine groups is 1. The molecule has 0 amide bonds. The van der Waals surface area contributed by atoms with E-state index in [9.17, 15) is 4.79 Å². The Hall–Kier alpha value is -1.82. The zero-order valence-corrected chi connectivity index (χ0v) is 17.1. The predicted molar refractivity (Wildman–Crippen MR) is 113 cm³/mol. The lowest BCUT2D eigenvalue weighted by Crippen LogP contribution is -2.46. The van der Waals surface area contributed by atoms with Crippen LogP contribution in [0.5, 0.6) is 0 Å². The van der Waals surface area contributed by atoms with Crippen LogP contribution in [0.15, 0.2) is 34.2 Å². The van der Waals surface area contributed by atoms with Crippen molar-refractivity contribution in [3.8, 4) is 0 Å². The summed E-state index contributed by atoms with van der Waals surface area (Å²) >= 11 is 0. The second-order valence-electron chi connectivity index (χ2n) is 7.22. The molecule has 27 heavy (non-hydrogen) atoms. The number of nitrogens with one attached hydrogen (secondary N) is 2. The van der Waals surface area contributed by atoms with Crippen molar-refractivity contribution >= 4 is 5.96 Å². The highest BCUT2D eigenvalue weighted by Crippen LogP contribution is 2.18. The van der Waals surface area contributed by atoms with Gasteiger partial charge in [0.05, 0.1) is 0 Å². The predicted octanol–water partition coefficient (Wildman–Crippen LogP) is 2.45. The van der Waals surface area contributed by atoms with E-state index in [1.165, 1.54) is 32.2 Å². The number of hydrogen-bond acceptors (Lipinski definition) is 3. The maximum Gasteiger partial charge on any atom is 0.250 e. The molecular weight excluding hydrogens is 338 g/mol. The fraction of sp³-hybridized carbons (Fsp3) is 0.714. The molecule has 1 aromatic rings. The number of likely N-dealkylation sites (tertiary alicyclic amines) is 1. The van der Waals surface area contributed by atoms with Gasteiger partial charge >= 0.3 is 0 Å². The molecule has 0 bridgehead atoms. The molecule has 2 N–H and O–H groups in total. The highest BCUT2D eigenvalue weighted by atomic mass is 16.1. The van der Waals surface area contributed by atoms with Crippen LogP contribution in [0.4, 0.5) is 0 Å². The third-order valence-electron chi connectivity index (χ3n) is 5.23. The summed E-state index contributed by atoms with van der Waals surface area (Å²) < 4.78 is 1.76. The number of pyridine rings is 1. The number of nitrogens with zero attached hydrogens (tertiary/aromatic N) is 3. The van der Waals surface area contributed by atoms with Gasteiger partial charge in [-0.25, -0.2) is 0 Å². The Kier molecular flexibility index (Phi) is 9.98. The third kappa shape index (κ3) is 7.75. The fourth-order valence-corrected chi connectivity index (χ4v) is 3.71. The summed E-state index contributed by atoms with van der Waals surface area (Å²) in [6.07, 6.45) is 9.08. The second kappa shape index (κ2) is 12.5. The molecule has 2 heterocycles. The van der Waals surface area contributed by atoms with E-state index >= 15 is 0 Å². The molecule has 0 saturated carbocycles. The molecule has 1 atom stereocenters. The molecule has 0 aromatic carbocycles. The summed E-state index contributed by atoms with van der Waals surface area (Å²) in [4.78, 5) is 19.0. The fourth-order valence-electron chi connectivity index (χ4n) is 3.71. The highest BCUT2D eigenvalue weighted by Gasteiger charge is 2.19. The molecular formula is C21H37N5O. The van der Waals surface area contributed by atoms with Gasteiger partial charge in [0.15, 0.2) is 5.96 Å². The van der Waals surface area contributed by atoms with Gasteiger partial charge in [-0.1, -0.05) is 19.4 Å². The number of piperidine rings is 1. The van der Waals surface area contributed by atoms with Gasteiger partial charge in [-0.3, -0.25) is 14.7 Å². The van der Waals surface area contributed by atoms with Crippen molar-refractivity contribution in [3.63, 3.8) is 0 Å². The lowest BCUT2D eigenvalue weighted by atomic mass is 10.0. The quantitative estimate of drug-likeness (QED) is 0.375. The van der Waals surface area contributed by atoms with Crippen molar-refractivity contribution in [2.45, 2.75) is 65.0 Å². The highest BCUT2D eigenvalue weighted by molar-refractivity contribution is 5.79. The number of aromatic nitrogens is 1. The van der Waals surface area contributed by atoms with Gasteiger partial charge in [-0.05, 0) is 51.6 Å². The van der Waals surface area contributed by atoms with Crippen LogP contribution in [0.2, 0.25) is 0 Å². The Balaban J connectivity index is 1.68. The topological polar surface area (TPSA) is 61.7 Å². The van der Waals surface area contributed by atoms with Crippen LogP contribution < -0.4 is 16.2 Å². The molecule has 6 heteroatoms. The van der Waals surface area contributed by atoms with Crippen LogP contribution in [0, 0.1) is 0 Å². The van der Waals surface area contributed by atoms with E-state index in [2.05, 4.69) is 34.4 Å². The number of aryl methyl sites for hydroxylation is 1. The molecule has 1 saturated heterocycles. The van der Waals surface area contributed by atoms with Crippen LogP contribution in [-0.4, -0.2) is 54.2 Å². The van der Waals surface area contributed by atoms with Crippen LogP contribution in [-0.2, 0) is 6.54 Å². The SMILES string of the molecule is CCNC(=NCCCCn1ccccc1=O)NCCN1CCCCC1CC. The zero-order valence-electron chi connectivity index (χ0n) is 17.1. The average Bonchev–Trinajstić information content (AvgIpc) is 2.69. The molecule has 1 aromatic heterocycles. The summed E-state index contributed by atoms with van der Waals surface area (Å²) in [6, 6.07) is 6.04. The molecule has 1 aliphatic heterocycles. The van der Waals surface area contributed by atoms with Crippen molar-refractivity contribution in [2.24, 2.45) is 4.99 Å². The Morgan fingerprint density at radius 2 is 2.07 bits per heavy atom. The first-order valence-corrected chi connectivity index (χ1v) is 10.7. The number of aliphatic imine (C=N–C) groups is 1. The number of hydrogen-bond donors (Lipinski definition) is 2. The van der Waals surface area contributed by atoms with Gasteiger partial charge in [0.25, 0.3) is 0 Å². The van der Waals surface area contributed by atoms with Gasteiger partial charge in [0, 0.05) is 51.0 Å².